The molecule has 0 aliphatic heterocycles. The van der Waals surface area contributed by atoms with Gasteiger partial charge in [0.15, 0.2) is 5.03 Å². The van der Waals surface area contributed by atoms with E-state index in [1.165, 1.54) is 12.5 Å². The molecule has 0 radical (unpaired) electrons. The zero-order chi connectivity index (χ0) is 13.8. The highest BCUT2D eigenvalue weighted by molar-refractivity contribution is 7.89. The summed E-state index contributed by atoms with van der Waals surface area (Å²) in [6.45, 7) is 6.93. The first kappa shape index (κ1) is 15.5. The van der Waals surface area contributed by atoms with E-state index in [-0.39, 0.29) is 16.9 Å². The van der Waals surface area contributed by atoms with Crippen molar-refractivity contribution in [3.63, 3.8) is 0 Å². The third kappa shape index (κ3) is 4.59. The van der Waals surface area contributed by atoms with E-state index >= 15 is 0 Å². The Balaban J connectivity index is 2.59. The van der Waals surface area contributed by atoms with Gasteiger partial charge in [0.05, 0.1) is 6.33 Å². The van der Waals surface area contributed by atoms with Gasteiger partial charge >= 0.3 is 0 Å². The number of aryl methyl sites for hydroxylation is 1. The van der Waals surface area contributed by atoms with Crippen molar-refractivity contribution in [1.29, 1.82) is 0 Å². The molecule has 1 aromatic rings. The van der Waals surface area contributed by atoms with Crippen molar-refractivity contribution in [2.45, 2.75) is 44.1 Å². The number of nitrogens with one attached hydrogen (secondary N) is 1. The summed E-state index contributed by atoms with van der Waals surface area (Å²) >= 11 is 6.05. The summed E-state index contributed by atoms with van der Waals surface area (Å²) < 4.78 is 28.0. The highest BCUT2D eigenvalue weighted by Crippen LogP contribution is 2.11. The highest BCUT2D eigenvalue weighted by Gasteiger charge is 2.18. The van der Waals surface area contributed by atoms with Crippen LogP contribution in [0.3, 0.4) is 0 Å². The van der Waals surface area contributed by atoms with Gasteiger partial charge in [-0.1, -0.05) is 13.8 Å². The molecule has 0 bridgehead atoms. The van der Waals surface area contributed by atoms with E-state index in [1.54, 1.807) is 4.57 Å². The van der Waals surface area contributed by atoms with E-state index in [0.29, 0.717) is 12.5 Å². The van der Waals surface area contributed by atoms with Gasteiger partial charge in [-0.2, -0.15) is 0 Å². The van der Waals surface area contributed by atoms with Gasteiger partial charge in [-0.15, -0.1) is 11.6 Å². The van der Waals surface area contributed by atoms with Crippen molar-refractivity contribution in [2.24, 2.45) is 5.92 Å². The van der Waals surface area contributed by atoms with E-state index < -0.39 is 10.0 Å². The molecular weight excluding hydrogens is 274 g/mol. The van der Waals surface area contributed by atoms with Crippen LogP contribution in [0.5, 0.6) is 0 Å². The molecule has 0 saturated carbocycles. The minimum Gasteiger partial charge on any atom is -0.336 e. The zero-order valence-electron chi connectivity index (χ0n) is 10.9. The number of halogens is 1. The fourth-order valence-electron chi connectivity index (χ4n) is 1.52. The van der Waals surface area contributed by atoms with Crippen LogP contribution in [0.1, 0.15) is 27.2 Å². The molecule has 1 rings (SSSR count). The number of imidazole rings is 1. The Labute approximate surface area is 114 Å². The van der Waals surface area contributed by atoms with Gasteiger partial charge < -0.3 is 4.57 Å². The monoisotopic (exact) mass is 293 g/mol. The van der Waals surface area contributed by atoms with Crippen molar-refractivity contribution < 1.29 is 8.42 Å². The Kier molecular flexibility index (Phi) is 5.62. The number of rotatable bonds is 7. The molecule has 18 heavy (non-hydrogen) atoms. The first-order chi connectivity index (χ1) is 8.35. The van der Waals surface area contributed by atoms with Gasteiger partial charge in [-0.25, -0.2) is 18.1 Å². The number of aromatic nitrogens is 2. The first-order valence-corrected chi connectivity index (χ1v) is 7.92. The van der Waals surface area contributed by atoms with Gasteiger partial charge in [0, 0.05) is 24.7 Å². The second kappa shape index (κ2) is 6.54. The minimum atomic E-state index is -3.55. The van der Waals surface area contributed by atoms with Gasteiger partial charge in [0.1, 0.15) is 0 Å². The summed E-state index contributed by atoms with van der Waals surface area (Å²) in [7, 11) is -3.55. The molecule has 7 heteroatoms. The lowest BCUT2D eigenvalue weighted by atomic mass is 10.1. The van der Waals surface area contributed by atoms with Crippen molar-refractivity contribution in [3.8, 4) is 0 Å². The molecule has 0 aliphatic carbocycles. The predicted molar refractivity (Wildman–Crippen MR) is 72.2 cm³/mol. The molecule has 1 atom stereocenters. The average Bonchev–Trinajstić information content (AvgIpc) is 2.75. The number of nitrogens with zero attached hydrogens (tertiary/aromatic N) is 2. The van der Waals surface area contributed by atoms with Crippen LogP contribution in [0.25, 0.3) is 0 Å². The summed E-state index contributed by atoms with van der Waals surface area (Å²) in [5.41, 5.74) is 0. The Morgan fingerprint density at radius 2 is 2.17 bits per heavy atom. The molecule has 0 aromatic carbocycles. The molecule has 1 N–H and O–H groups in total. The molecule has 0 saturated heterocycles. The topological polar surface area (TPSA) is 64.0 Å². The van der Waals surface area contributed by atoms with Crippen molar-refractivity contribution in [3.05, 3.63) is 12.5 Å². The standard InChI is InChI=1S/C11H20ClN3O2S/c1-4-15-7-11(13-8-15)18(16,17)14-6-10(12)5-9(2)3/h7-10,14H,4-6H2,1-3H3. The van der Waals surface area contributed by atoms with Crippen LogP contribution in [-0.2, 0) is 16.6 Å². The van der Waals surface area contributed by atoms with Crippen LogP contribution in [-0.4, -0.2) is 29.9 Å². The Hall–Kier alpha value is -0.590. The van der Waals surface area contributed by atoms with Gasteiger partial charge in [-0.05, 0) is 19.3 Å². The number of hydrogen-bond acceptors (Lipinski definition) is 3. The van der Waals surface area contributed by atoms with Gasteiger partial charge in [0.25, 0.3) is 10.0 Å². The van der Waals surface area contributed by atoms with Crippen LogP contribution in [0.15, 0.2) is 17.6 Å². The molecule has 0 fully saturated rings. The SMILES string of the molecule is CCn1cnc(S(=O)(=O)NCC(Cl)CC(C)C)c1. The van der Waals surface area contributed by atoms with Crippen molar-refractivity contribution in [2.75, 3.05) is 6.54 Å². The van der Waals surface area contributed by atoms with E-state index in [1.807, 2.05) is 20.8 Å². The fourth-order valence-corrected chi connectivity index (χ4v) is 3.07. The highest BCUT2D eigenvalue weighted by atomic mass is 35.5. The average molecular weight is 294 g/mol. The Morgan fingerprint density at radius 1 is 1.50 bits per heavy atom. The van der Waals surface area contributed by atoms with Crippen LogP contribution in [0, 0.1) is 5.92 Å². The summed E-state index contributed by atoms with van der Waals surface area (Å²) in [6.07, 6.45) is 3.78. The van der Waals surface area contributed by atoms with Crippen molar-refractivity contribution >= 4 is 21.6 Å². The van der Waals surface area contributed by atoms with E-state index in [9.17, 15) is 8.42 Å². The molecule has 0 aliphatic rings. The molecule has 5 nitrogen and oxygen atoms in total. The van der Waals surface area contributed by atoms with E-state index in [0.717, 1.165) is 6.42 Å². The Bertz CT molecular complexity index is 470. The van der Waals surface area contributed by atoms with Crippen LogP contribution in [0.4, 0.5) is 0 Å². The smallest absolute Gasteiger partial charge is 0.259 e. The maximum Gasteiger partial charge on any atom is 0.259 e. The molecule has 104 valence electrons. The second-order valence-corrected chi connectivity index (χ2v) is 6.95. The normalized spacial score (nSPS) is 14.1. The predicted octanol–water partition coefficient (Wildman–Crippen LogP) is 1.83. The second-order valence-electron chi connectivity index (χ2n) is 4.62. The summed E-state index contributed by atoms with van der Waals surface area (Å²) in [6, 6.07) is 0. The summed E-state index contributed by atoms with van der Waals surface area (Å²) in [5.74, 6) is 0.441. The largest absolute Gasteiger partial charge is 0.336 e. The maximum atomic E-state index is 11.9. The van der Waals surface area contributed by atoms with E-state index in [2.05, 4.69) is 9.71 Å². The quantitative estimate of drug-likeness (QED) is 0.780. The summed E-state index contributed by atoms with van der Waals surface area (Å²) in [5, 5.41) is -0.161. The summed E-state index contributed by atoms with van der Waals surface area (Å²) in [4.78, 5) is 3.87. The third-order valence-electron chi connectivity index (χ3n) is 2.47. The van der Waals surface area contributed by atoms with Crippen LogP contribution in [0.2, 0.25) is 0 Å². The third-order valence-corrected chi connectivity index (χ3v) is 4.11. The lowest BCUT2D eigenvalue weighted by molar-refractivity contribution is 0.543. The first-order valence-electron chi connectivity index (χ1n) is 6.00. The maximum absolute atomic E-state index is 11.9. The number of sulfonamides is 1. The lowest BCUT2D eigenvalue weighted by Crippen LogP contribution is -2.30. The minimum absolute atomic E-state index is 0.0396. The van der Waals surface area contributed by atoms with E-state index in [4.69, 9.17) is 11.6 Å². The fraction of sp³-hybridized carbons (Fsp3) is 0.727. The number of alkyl halides is 1. The number of hydrogen-bond donors (Lipinski definition) is 1. The molecule has 1 unspecified atom stereocenters. The zero-order valence-corrected chi connectivity index (χ0v) is 12.5. The molecule has 1 heterocycles. The van der Waals surface area contributed by atoms with Crippen molar-refractivity contribution in [1.82, 2.24) is 14.3 Å². The van der Waals surface area contributed by atoms with Gasteiger partial charge in [0.2, 0.25) is 0 Å². The van der Waals surface area contributed by atoms with Crippen LogP contribution < -0.4 is 4.72 Å². The molecule has 0 spiro atoms. The molecular formula is C11H20ClN3O2S. The lowest BCUT2D eigenvalue weighted by Gasteiger charge is -2.12. The Morgan fingerprint density at radius 3 is 2.67 bits per heavy atom. The molecule has 1 aromatic heterocycles. The molecule has 0 amide bonds. The van der Waals surface area contributed by atoms with Gasteiger partial charge in [-0.3, -0.25) is 0 Å². The van der Waals surface area contributed by atoms with Crippen LogP contribution >= 0.6 is 11.6 Å².